The maximum Gasteiger partial charge on any atom is 0.211 e. The van der Waals surface area contributed by atoms with Crippen molar-refractivity contribution in [3.8, 4) is 0 Å². The van der Waals surface area contributed by atoms with Crippen LogP contribution in [0, 0.1) is 0 Å². The fourth-order valence-corrected chi connectivity index (χ4v) is 2.55. The van der Waals surface area contributed by atoms with Gasteiger partial charge in [-0.3, -0.25) is 14.6 Å². The number of carbonyl (C=O) groups excluding carboxylic acids is 2. The topological polar surface area (TPSA) is 130 Å². The van der Waals surface area contributed by atoms with Gasteiger partial charge in [-0.1, -0.05) is 0 Å². The lowest BCUT2D eigenvalue weighted by Crippen LogP contribution is -2.16. The first kappa shape index (κ1) is 16.7. The summed E-state index contributed by atoms with van der Waals surface area (Å²) in [6, 6.07) is 0.881. The van der Waals surface area contributed by atoms with Crippen molar-refractivity contribution in [2.24, 2.45) is 0 Å². The van der Waals surface area contributed by atoms with E-state index in [2.05, 4.69) is 20.3 Å². The number of nitrogens with zero attached hydrogens (tertiary/aromatic N) is 4. The highest BCUT2D eigenvalue weighted by Gasteiger charge is 2.21. The lowest BCUT2D eigenvalue weighted by molar-refractivity contribution is -0.105. The molecule has 0 aliphatic rings. The van der Waals surface area contributed by atoms with Gasteiger partial charge in [0, 0.05) is 29.5 Å². The van der Waals surface area contributed by atoms with Crippen molar-refractivity contribution in [2.75, 3.05) is 18.5 Å². The molecule has 128 valence electrons. The first-order valence-electron chi connectivity index (χ1n) is 7.41. The molecule has 0 fully saturated rings. The molecule has 0 saturated heterocycles. The Morgan fingerprint density at radius 1 is 1.24 bits per heavy atom. The second-order valence-electron chi connectivity index (χ2n) is 5.28. The quantitative estimate of drug-likeness (QED) is 0.412. The molecule has 3 aromatic heterocycles. The van der Waals surface area contributed by atoms with Gasteiger partial charge in [0.1, 0.15) is 12.0 Å². The van der Waals surface area contributed by atoms with Crippen LogP contribution in [0.15, 0.2) is 37.2 Å². The Morgan fingerprint density at radius 2 is 2.04 bits per heavy atom. The molecule has 0 radical (unpaired) electrons. The van der Waals surface area contributed by atoms with Gasteiger partial charge in [0.05, 0.1) is 36.7 Å². The van der Waals surface area contributed by atoms with Crippen molar-refractivity contribution in [1.82, 2.24) is 19.5 Å². The standard InChI is InChI=1S/C16H15N5O4/c22-6-12(7-23)21-5-14(13-4-18-8-19-16(13)21)15(25)10-1-11(20-9-24)3-17-2-10/h1-5,8-9,12,22-23H,6-7H2,(H,20,24). The molecule has 9 nitrogen and oxygen atoms in total. The van der Waals surface area contributed by atoms with E-state index in [1.807, 2.05) is 0 Å². The number of rotatable bonds is 7. The molecule has 0 bridgehead atoms. The summed E-state index contributed by atoms with van der Waals surface area (Å²) in [6.07, 6.45) is 7.66. The van der Waals surface area contributed by atoms with Gasteiger partial charge in [-0.15, -0.1) is 0 Å². The summed E-state index contributed by atoms with van der Waals surface area (Å²) in [4.78, 5) is 35.5. The number of aromatic nitrogens is 4. The lowest BCUT2D eigenvalue weighted by atomic mass is 10.1. The Balaban J connectivity index is 2.10. The smallest absolute Gasteiger partial charge is 0.211 e. The Bertz CT molecular complexity index is 920. The SMILES string of the molecule is O=CNc1cncc(C(=O)c2cn(C(CO)CO)c3ncncc23)c1. The first-order chi connectivity index (χ1) is 12.2. The number of aliphatic hydroxyl groups excluding tert-OH is 2. The Morgan fingerprint density at radius 3 is 2.76 bits per heavy atom. The predicted molar refractivity (Wildman–Crippen MR) is 88.1 cm³/mol. The van der Waals surface area contributed by atoms with Gasteiger partial charge in [-0.05, 0) is 6.07 Å². The van der Waals surface area contributed by atoms with Crippen LogP contribution in [-0.2, 0) is 4.79 Å². The van der Waals surface area contributed by atoms with Gasteiger partial charge in [0.15, 0.2) is 5.78 Å². The summed E-state index contributed by atoms with van der Waals surface area (Å²) in [5.41, 5.74) is 1.41. The van der Waals surface area contributed by atoms with E-state index < -0.39 is 6.04 Å². The fraction of sp³-hybridized carbons (Fsp3) is 0.188. The molecule has 3 rings (SSSR count). The average Bonchev–Trinajstić information content (AvgIpc) is 3.02. The average molecular weight is 341 g/mol. The number of nitrogens with one attached hydrogen (secondary N) is 1. The van der Waals surface area contributed by atoms with E-state index in [0.29, 0.717) is 28.7 Å². The summed E-state index contributed by atoms with van der Waals surface area (Å²) < 4.78 is 1.55. The maximum absolute atomic E-state index is 12.9. The van der Waals surface area contributed by atoms with Crippen molar-refractivity contribution >= 4 is 28.9 Å². The number of hydrogen-bond acceptors (Lipinski definition) is 7. The number of carbonyl (C=O) groups is 2. The van der Waals surface area contributed by atoms with Crippen molar-refractivity contribution in [3.63, 3.8) is 0 Å². The third-order valence-electron chi connectivity index (χ3n) is 3.78. The van der Waals surface area contributed by atoms with Gasteiger partial charge < -0.3 is 20.1 Å². The molecular formula is C16H15N5O4. The van der Waals surface area contributed by atoms with Crippen LogP contribution < -0.4 is 5.32 Å². The number of amides is 1. The number of anilines is 1. The minimum Gasteiger partial charge on any atom is -0.394 e. The molecule has 0 aliphatic carbocycles. The van der Waals surface area contributed by atoms with E-state index in [1.54, 1.807) is 4.57 Å². The zero-order chi connectivity index (χ0) is 17.8. The highest BCUT2D eigenvalue weighted by atomic mass is 16.3. The van der Waals surface area contributed by atoms with Crippen LogP contribution in [0.25, 0.3) is 11.0 Å². The third kappa shape index (κ3) is 3.10. The second kappa shape index (κ2) is 7.16. The van der Waals surface area contributed by atoms with Gasteiger partial charge >= 0.3 is 0 Å². The van der Waals surface area contributed by atoms with Crippen molar-refractivity contribution < 1.29 is 19.8 Å². The van der Waals surface area contributed by atoms with Crippen LogP contribution in [0.4, 0.5) is 5.69 Å². The van der Waals surface area contributed by atoms with E-state index in [0.717, 1.165) is 0 Å². The number of fused-ring (bicyclic) bond motifs is 1. The maximum atomic E-state index is 12.9. The van der Waals surface area contributed by atoms with Gasteiger partial charge in [-0.2, -0.15) is 0 Å². The van der Waals surface area contributed by atoms with Crippen LogP contribution in [0.1, 0.15) is 22.0 Å². The molecule has 0 saturated carbocycles. The molecule has 0 atom stereocenters. The second-order valence-corrected chi connectivity index (χ2v) is 5.28. The number of ketones is 1. The van der Waals surface area contributed by atoms with E-state index in [9.17, 15) is 19.8 Å². The molecule has 3 aromatic rings. The zero-order valence-corrected chi connectivity index (χ0v) is 13.0. The Hall–Kier alpha value is -3.17. The molecule has 0 aliphatic heterocycles. The van der Waals surface area contributed by atoms with E-state index in [4.69, 9.17) is 0 Å². The van der Waals surface area contributed by atoms with Gasteiger partial charge in [-0.25, -0.2) is 9.97 Å². The highest BCUT2D eigenvalue weighted by molar-refractivity contribution is 6.16. The molecule has 9 heteroatoms. The largest absolute Gasteiger partial charge is 0.394 e. The molecule has 0 spiro atoms. The van der Waals surface area contributed by atoms with Crippen LogP contribution in [0.2, 0.25) is 0 Å². The zero-order valence-electron chi connectivity index (χ0n) is 13.0. The van der Waals surface area contributed by atoms with E-state index >= 15 is 0 Å². The van der Waals surface area contributed by atoms with Crippen LogP contribution in [-0.4, -0.2) is 55.1 Å². The molecule has 0 aromatic carbocycles. The summed E-state index contributed by atoms with van der Waals surface area (Å²) in [5.74, 6) is -0.338. The first-order valence-corrected chi connectivity index (χ1v) is 7.41. The van der Waals surface area contributed by atoms with Crippen molar-refractivity contribution in [1.29, 1.82) is 0 Å². The highest BCUT2D eigenvalue weighted by Crippen LogP contribution is 2.25. The summed E-state index contributed by atoms with van der Waals surface area (Å²) in [6.45, 7) is -0.615. The Kier molecular flexibility index (Phi) is 4.78. The van der Waals surface area contributed by atoms with Crippen molar-refractivity contribution in [2.45, 2.75) is 6.04 Å². The molecule has 0 unspecified atom stereocenters. The predicted octanol–water partition coefficient (Wildman–Crippen LogP) is 0.151. The Labute approximate surface area is 142 Å². The van der Waals surface area contributed by atoms with Crippen LogP contribution >= 0.6 is 0 Å². The third-order valence-corrected chi connectivity index (χ3v) is 3.78. The number of hydrogen-bond donors (Lipinski definition) is 3. The van der Waals surface area contributed by atoms with Gasteiger partial charge in [0.2, 0.25) is 6.41 Å². The summed E-state index contributed by atoms with van der Waals surface area (Å²) in [5, 5.41) is 21.8. The van der Waals surface area contributed by atoms with E-state index in [1.165, 1.54) is 37.2 Å². The summed E-state index contributed by atoms with van der Waals surface area (Å²) in [7, 11) is 0. The van der Waals surface area contributed by atoms with Crippen LogP contribution in [0.5, 0.6) is 0 Å². The molecular weight excluding hydrogens is 326 g/mol. The minimum atomic E-state index is -0.625. The monoisotopic (exact) mass is 341 g/mol. The summed E-state index contributed by atoms with van der Waals surface area (Å²) >= 11 is 0. The number of pyridine rings is 1. The number of aliphatic hydroxyl groups is 2. The molecule has 3 N–H and O–H groups in total. The van der Waals surface area contributed by atoms with Crippen LogP contribution in [0.3, 0.4) is 0 Å². The van der Waals surface area contributed by atoms with Crippen molar-refractivity contribution in [3.05, 3.63) is 48.3 Å². The van der Waals surface area contributed by atoms with Gasteiger partial charge in [0.25, 0.3) is 0 Å². The fourth-order valence-electron chi connectivity index (χ4n) is 2.55. The molecule has 3 heterocycles. The van der Waals surface area contributed by atoms with E-state index in [-0.39, 0.29) is 24.6 Å². The normalized spacial score (nSPS) is 11.0. The minimum absolute atomic E-state index is 0.277. The molecule has 25 heavy (non-hydrogen) atoms. The molecule has 1 amide bonds. The lowest BCUT2D eigenvalue weighted by Gasteiger charge is -2.13.